The number of rotatable bonds is 2. The highest BCUT2D eigenvalue weighted by Crippen LogP contribution is 2.23. The van der Waals surface area contributed by atoms with Crippen molar-refractivity contribution >= 4 is 10.9 Å². The van der Waals surface area contributed by atoms with Crippen LogP contribution in [-0.4, -0.2) is 14.9 Å². The Balaban J connectivity index is 2.78. The van der Waals surface area contributed by atoms with Gasteiger partial charge in [-0.25, -0.2) is 4.39 Å². The maximum atomic E-state index is 13.4. The molecule has 0 atom stereocenters. The van der Waals surface area contributed by atoms with Crippen molar-refractivity contribution in [2.75, 3.05) is 0 Å². The van der Waals surface area contributed by atoms with Crippen molar-refractivity contribution in [1.29, 1.82) is 0 Å². The van der Waals surface area contributed by atoms with Gasteiger partial charge in [-0.15, -0.1) is 0 Å². The highest BCUT2D eigenvalue weighted by Gasteiger charge is 2.14. The lowest BCUT2D eigenvalue weighted by Crippen LogP contribution is -2.07. The van der Waals surface area contributed by atoms with Crippen LogP contribution in [0.5, 0.6) is 0 Å². The molecule has 1 N–H and O–H groups in total. The maximum Gasteiger partial charge on any atom is 0.151 e. The molecule has 0 saturated heterocycles. The lowest BCUT2D eigenvalue weighted by Gasteiger charge is -2.08. The van der Waals surface area contributed by atoms with E-state index in [0.29, 0.717) is 16.6 Å². The Kier molecular flexibility index (Phi) is 2.44. The van der Waals surface area contributed by atoms with Crippen LogP contribution in [0.2, 0.25) is 0 Å². The van der Waals surface area contributed by atoms with Crippen LogP contribution < -0.4 is 0 Å². The van der Waals surface area contributed by atoms with E-state index in [-0.39, 0.29) is 18.5 Å². The molecule has 0 saturated carbocycles. The van der Waals surface area contributed by atoms with Crippen LogP contribution in [0.4, 0.5) is 4.39 Å². The Bertz CT molecular complexity index is 491. The summed E-state index contributed by atoms with van der Waals surface area (Å²) in [5.41, 5.74) is 0.995. The second kappa shape index (κ2) is 3.62. The third kappa shape index (κ3) is 1.51. The van der Waals surface area contributed by atoms with Crippen LogP contribution in [0.3, 0.4) is 0 Å². The fraction of sp³-hybridized carbons (Fsp3) is 0.364. The molecule has 80 valence electrons. The van der Waals surface area contributed by atoms with Crippen LogP contribution in [0.25, 0.3) is 10.9 Å². The number of hydrogen-bond acceptors (Lipinski definition) is 2. The lowest BCUT2D eigenvalue weighted by molar-refractivity contribution is 0.266. The number of hydrogen-bond donors (Lipinski definition) is 1. The Hall–Kier alpha value is -1.42. The second-order valence-corrected chi connectivity index (χ2v) is 3.78. The molecule has 1 aromatic heterocycles. The number of benzene rings is 1. The summed E-state index contributed by atoms with van der Waals surface area (Å²) < 4.78 is 15.1. The zero-order valence-corrected chi connectivity index (χ0v) is 8.74. The molecule has 0 spiro atoms. The SMILES string of the molecule is CC(C)n1nc2c(F)cccc2c1CO. The molecule has 4 heteroatoms. The fourth-order valence-corrected chi connectivity index (χ4v) is 1.73. The zero-order chi connectivity index (χ0) is 11.0. The molecule has 0 bridgehead atoms. The summed E-state index contributed by atoms with van der Waals surface area (Å²) in [6, 6.07) is 4.89. The Morgan fingerprint density at radius 2 is 2.20 bits per heavy atom. The average Bonchev–Trinajstić information content (AvgIpc) is 2.57. The van der Waals surface area contributed by atoms with Crippen molar-refractivity contribution in [2.24, 2.45) is 0 Å². The minimum atomic E-state index is -0.346. The molecule has 0 radical (unpaired) electrons. The van der Waals surface area contributed by atoms with Crippen molar-refractivity contribution in [3.05, 3.63) is 29.7 Å². The largest absolute Gasteiger partial charge is 0.390 e. The number of fused-ring (bicyclic) bond motifs is 1. The first kappa shape index (κ1) is 10.1. The lowest BCUT2D eigenvalue weighted by atomic mass is 10.2. The predicted octanol–water partition coefficient (Wildman–Crippen LogP) is 2.25. The minimum Gasteiger partial charge on any atom is -0.390 e. The van der Waals surface area contributed by atoms with Crippen LogP contribution in [0, 0.1) is 5.82 Å². The molecule has 0 unspecified atom stereocenters. The van der Waals surface area contributed by atoms with E-state index in [1.54, 1.807) is 16.8 Å². The standard InChI is InChI=1S/C11H13FN2O/c1-7(2)14-10(6-15)8-4-3-5-9(12)11(8)13-14/h3-5,7,15H,6H2,1-2H3. The number of aliphatic hydroxyl groups is 1. The number of aliphatic hydroxyl groups excluding tert-OH is 1. The highest BCUT2D eigenvalue weighted by atomic mass is 19.1. The minimum absolute atomic E-state index is 0.110. The summed E-state index contributed by atoms with van der Waals surface area (Å²) in [4.78, 5) is 0. The first-order valence-corrected chi connectivity index (χ1v) is 4.91. The van der Waals surface area contributed by atoms with E-state index >= 15 is 0 Å². The Morgan fingerprint density at radius 1 is 1.47 bits per heavy atom. The van der Waals surface area contributed by atoms with E-state index in [0.717, 1.165) is 0 Å². The molecule has 2 aromatic rings. The molecule has 1 aromatic carbocycles. The van der Waals surface area contributed by atoms with Gasteiger partial charge < -0.3 is 5.11 Å². The predicted molar refractivity (Wildman–Crippen MR) is 56.0 cm³/mol. The van der Waals surface area contributed by atoms with E-state index in [1.807, 2.05) is 13.8 Å². The molecule has 0 fully saturated rings. The van der Waals surface area contributed by atoms with Gasteiger partial charge in [0.25, 0.3) is 0 Å². The van der Waals surface area contributed by atoms with Crippen LogP contribution in [-0.2, 0) is 6.61 Å². The van der Waals surface area contributed by atoms with E-state index in [2.05, 4.69) is 5.10 Å². The molecule has 0 aliphatic rings. The van der Waals surface area contributed by atoms with Gasteiger partial charge in [-0.05, 0) is 19.9 Å². The van der Waals surface area contributed by atoms with Gasteiger partial charge in [0.15, 0.2) is 5.82 Å². The molecular weight excluding hydrogens is 195 g/mol. The summed E-state index contributed by atoms with van der Waals surface area (Å²) >= 11 is 0. The van der Waals surface area contributed by atoms with E-state index in [1.165, 1.54) is 6.07 Å². The van der Waals surface area contributed by atoms with Gasteiger partial charge in [-0.3, -0.25) is 4.68 Å². The van der Waals surface area contributed by atoms with Crippen LogP contribution in [0.1, 0.15) is 25.6 Å². The average molecular weight is 208 g/mol. The van der Waals surface area contributed by atoms with Crippen molar-refractivity contribution in [2.45, 2.75) is 26.5 Å². The van der Waals surface area contributed by atoms with Crippen molar-refractivity contribution < 1.29 is 9.50 Å². The smallest absolute Gasteiger partial charge is 0.151 e. The molecular formula is C11H13FN2O. The van der Waals surface area contributed by atoms with Crippen molar-refractivity contribution in [3.8, 4) is 0 Å². The first-order chi connectivity index (χ1) is 7.15. The van der Waals surface area contributed by atoms with E-state index < -0.39 is 0 Å². The quantitative estimate of drug-likeness (QED) is 0.822. The number of halogens is 1. The van der Waals surface area contributed by atoms with Gasteiger partial charge in [0.2, 0.25) is 0 Å². The van der Waals surface area contributed by atoms with Gasteiger partial charge in [0.05, 0.1) is 12.3 Å². The second-order valence-electron chi connectivity index (χ2n) is 3.78. The Morgan fingerprint density at radius 3 is 2.80 bits per heavy atom. The third-order valence-corrected chi connectivity index (χ3v) is 2.42. The zero-order valence-electron chi connectivity index (χ0n) is 8.74. The monoisotopic (exact) mass is 208 g/mol. The summed E-state index contributed by atoms with van der Waals surface area (Å²) in [5.74, 6) is -0.346. The third-order valence-electron chi connectivity index (χ3n) is 2.42. The van der Waals surface area contributed by atoms with Gasteiger partial charge in [0.1, 0.15) is 5.52 Å². The molecule has 0 amide bonds. The summed E-state index contributed by atoms with van der Waals surface area (Å²) in [6.45, 7) is 3.77. The van der Waals surface area contributed by atoms with E-state index in [4.69, 9.17) is 0 Å². The fourth-order valence-electron chi connectivity index (χ4n) is 1.73. The van der Waals surface area contributed by atoms with Crippen molar-refractivity contribution in [1.82, 2.24) is 9.78 Å². The summed E-state index contributed by atoms with van der Waals surface area (Å²) in [5, 5.41) is 14.1. The topological polar surface area (TPSA) is 38.0 Å². The highest BCUT2D eigenvalue weighted by molar-refractivity contribution is 5.82. The summed E-state index contributed by atoms with van der Waals surface area (Å²) in [6.07, 6.45) is 0. The van der Waals surface area contributed by atoms with E-state index in [9.17, 15) is 9.50 Å². The van der Waals surface area contributed by atoms with Crippen LogP contribution in [0.15, 0.2) is 18.2 Å². The first-order valence-electron chi connectivity index (χ1n) is 4.91. The normalized spacial score (nSPS) is 11.5. The van der Waals surface area contributed by atoms with Crippen LogP contribution >= 0.6 is 0 Å². The molecule has 0 aliphatic heterocycles. The van der Waals surface area contributed by atoms with Gasteiger partial charge in [0, 0.05) is 11.4 Å². The molecule has 3 nitrogen and oxygen atoms in total. The molecule has 2 rings (SSSR count). The summed E-state index contributed by atoms with van der Waals surface area (Å²) in [7, 11) is 0. The Labute approximate surface area is 87.1 Å². The van der Waals surface area contributed by atoms with Gasteiger partial charge in [-0.2, -0.15) is 5.10 Å². The number of aromatic nitrogens is 2. The molecule has 1 heterocycles. The van der Waals surface area contributed by atoms with Gasteiger partial charge in [-0.1, -0.05) is 12.1 Å². The van der Waals surface area contributed by atoms with Gasteiger partial charge >= 0.3 is 0 Å². The molecule has 0 aliphatic carbocycles. The maximum absolute atomic E-state index is 13.4. The molecule has 15 heavy (non-hydrogen) atoms. The van der Waals surface area contributed by atoms with Crippen molar-refractivity contribution in [3.63, 3.8) is 0 Å². The number of nitrogens with zero attached hydrogens (tertiary/aromatic N) is 2.